The first-order valence-corrected chi connectivity index (χ1v) is 15.1. The zero-order chi connectivity index (χ0) is 29.7. The number of amides is 1. The Bertz CT molecular complexity index is 1610. The number of nitrogens with zero attached hydrogens (tertiary/aromatic N) is 2. The fraction of sp³-hybridized carbons (Fsp3) is 0.273. The molecule has 0 atom stereocenters. The summed E-state index contributed by atoms with van der Waals surface area (Å²) in [6.45, 7) is 12.2. The van der Waals surface area contributed by atoms with E-state index in [1.807, 2.05) is 62.4 Å². The van der Waals surface area contributed by atoms with Crippen molar-refractivity contribution in [1.29, 1.82) is 5.26 Å². The zero-order valence-electron chi connectivity index (χ0n) is 24.1. The van der Waals surface area contributed by atoms with E-state index in [9.17, 15) is 14.9 Å². The smallest absolute Gasteiger partial charge is 0.341 e. The second-order valence-corrected chi connectivity index (χ2v) is 12.8. The van der Waals surface area contributed by atoms with Crippen LogP contribution in [-0.4, -0.2) is 29.2 Å². The van der Waals surface area contributed by atoms with Gasteiger partial charge in [-0.15, -0.1) is 11.3 Å². The van der Waals surface area contributed by atoms with E-state index in [4.69, 9.17) is 9.72 Å². The molecule has 0 radical (unpaired) electrons. The van der Waals surface area contributed by atoms with Crippen LogP contribution in [0.25, 0.3) is 22.4 Å². The molecule has 0 bridgehead atoms. The van der Waals surface area contributed by atoms with Crippen molar-refractivity contribution in [2.45, 2.75) is 52.0 Å². The van der Waals surface area contributed by atoms with Gasteiger partial charge in [-0.25, -0.2) is 9.78 Å². The van der Waals surface area contributed by atoms with Gasteiger partial charge in [-0.2, -0.15) is 5.26 Å². The fourth-order valence-corrected chi connectivity index (χ4v) is 6.20. The van der Waals surface area contributed by atoms with Crippen molar-refractivity contribution >= 4 is 40.0 Å². The molecule has 0 aliphatic rings. The van der Waals surface area contributed by atoms with Crippen molar-refractivity contribution in [2.24, 2.45) is 0 Å². The van der Waals surface area contributed by atoms with E-state index in [0.29, 0.717) is 21.2 Å². The lowest BCUT2D eigenvalue weighted by molar-refractivity contribution is -0.113. The van der Waals surface area contributed by atoms with Crippen LogP contribution in [0.1, 0.15) is 59.6 Å². The van der Waals surface area contributed by atoms with Gasteiger partial charge in [0.2, 0.25) is 5.91 Å². The van der Waals surface area contributed by atoms with Crippen LogP contribution >= 0.6 is 23.1 Å². The van der Waals surface area contributed by atoms with Crippen LogP contribution in [0.15, 0.2) is 65.7 Å². The molecule has 8 heteroatoms. The Morgan fingerprint density at radius 2 is 1.73 bits per heavy atom. The zero-order valence-corrected chi connectivity index (χ0v) is 25.8. The van der Waals surface area contributed by atoms with E-state index >= 15 is 0 Å². The number of aryl methyl sites for hydroxylation is 1. The van der Waals surface area contributed by atoms with Crippen LogP contribution < -0.4 is 5.32 Å². The maximum atomic E-state index is 13.1. The van der Waals surface area contributed by atoms with Crippen LogP contribution in [0.2, 0.25) is 0 Å². The molecule has 0 spiro atoms. The van der Waals surface area contributed by atoms with Crippen molar-refractivity contribution in [2.75, 3.05) is 17.7 Å². The number of carbonyl (C=O) groups is 2. The molecule has 0 fully saturated rings. The van der Waals surface area contributed by atoms with Crippen LogP contribution in [0, 0.1) is 25.2 Å². The Kier molecular flexibility index (Phi) is 9.31. The minimum atomic E-state index is -0.455. The monoisotopic (exact) mass is 583 g/mol. The highest BCUT2D eigenvalue weighted by atomic mass is 32.2. The number of esters is 1. The molecule has 0 saturated carbocycles. The molecule has 2 aromatic heterocycles. The molecule has 4 rings (SSSR count). The Hall–Kier alpha value is -3.93. The molecule has 1 N–H and O–H groups in total. The fourth-order valence-electron chi connectivity index (χ4n) is 4.33. The molecular weight excluding hydrogens is 551 g/mol. The van der Waals surface area contributed by atoms with Gasteiger partial charge in [0.25, 0.3) is 0 Å². The Balaban J connectivity index is 1.67. The minimum Gasteiger partial charge on any atom is -0.462 e. The Labute approximate surface area is 249 Å². The van der Waals surface area contributed by atoms with Crippen molar-refractivity contribution in [3.63, 3.8) is 0 Å². The topological polar surface area (TPSA) is 92.1 Å². The van der Waals surface area contributed by atoms with Crippen molar-refractivity contribution < 1.29 is 14.3 Å². The number of thioether (sulfide) groups is 1. The van der Waals surface area contributed by atoms with E-state index in [0.717, 1.165) is 32.8 Å². The lowest BCUT2D eigenvalue weighted by Crippen LogP contribution is -2.16. The first-order chi connectivity index (χ1) is 19.5. The van der Waals surface area contributed by atoms with Crippen molar-refractivity contribution in [3.05, 3.63) is 87.8 Å². The number of benzene rings is 2. The summed E-state index contributed by atoms with van der Waals surface area (Å²) in [5.41, 5.74) is 6.10. The van der Waals surface area contributed by atoms with Gasteiger partial charge in [0.05, 0.1) is 29.2 Å². The quantitative estimate of drug-likeness (QED) is 0.166. The summed E-state index contributed by atoms with van der Waals surface area (Å²) in [7, 11) is 0. The molecule has 210 valence electrons. The number of thiophene rings is 1. The van der Waals surface area contributed by atoms with Crippen LogP contribution in [0.3, 0.4) is 0 Å². The lowest BCUT2D eigenvalue weighted by Gasteiger charge is -2.19. The number of rotatable bonds is 8. The van der Waals surface area contributed by atoms with Gasteiger partial charge in [-0.05, 0) is 48.9 Å². The number of nitriles is 1. The highest BCUT2D eigenvalue weighted by Gasteiger charge is 2.23. The third-order valence-electron chi connectivity index (χ3n) is 6.69. The second kappa shape index (κ2) is 12.7. The van der Waals surface area contributed by atoms with Gasteiger partial charge in [0.1, 0.15) is 16.1 Å². The summed E-state index contributed by atoms with van der Waals surface area (Å²) in [4.78, 5) is 31.4. The molecule has 0 unspecified atom stereocenters. The van der Waals surface area contributed by atoms with Crippen LogP contribution in [0.4, 0.5) is 5.00 Å². The van der Waals surface area contributed by atoms with Gasteiger partial charge >= 0.3 is 5.97 Å². The average Bonchev–Trinajstić information content (AvgIpc) is 3.23. The predicted octanol–water partition coefficient (Wildman–Crippen LogP) is 8.17. The first-order valence-electron chi connectivity index (χ1n) is 13.3. The number of carbonyl (C=O) groups excluding carboxylic acids is 2. The summed E-state index contributed by atoms with van der Waals surface area (Å²) < 4.78 is 5.21. The number of hydrogen-bond acceptors (Lipinski definition) is 7. The van der Waals surface area contributed by atoms with Gasteiger partial charge in [0.15, 0.2) is 0 Å². The van der Waals surface area contributed by atoms with Crippen molar-refractivity contribution in [1.82, 2.24) is 4.98 Å². The molecule has 0 saturated heterocycles. The molecule has 0 aliphatic heterocycles. The first kappa shape index (κ1) is 30.0. The number of nitrogens with one attached hydrogen (secondary N) is 1. The predicted molar refractivity (Wildman–Crippen MR) is 168 cm³/mol. The SMILES string of the molecule is CCOC(=O)c1c(NC(=O)CSc2nc(-c3ccccc3)cc(-c3ccc(C(C)(C)C)cc3)c2C#N)sc(C)c1C. The van der Waals surface area contributed by atoms with E-state index in [-0.39, 0.29) is 23.7 Å². The van der Waals surface area contributed by atoms with Crippen LogP contribution in [-0.2, 0) is 14.9 Å². The highest BCUT2D eigenvalue weighted by molar-refractivity contribution is 8.00. The number of hydrogen-bond donors (Lipinski definition) is 1. The summed E-state index contributed by atoms with van der Waals surface area (Å²) in [5, 5.41) is 14.1. The van der Waals surface area contributed by atoms with E-state index in [2.05, 4.69) is 44.3 Å². The third-order valence-corrected chi connectivity index (χ3v) is 8.79. The van der Waals surface area contributed by atoms with E-state index in [1.54, 1.807) is 6.92 Å². The standard InChI is InChI=1S/C33H33N3O3S2/c1-7-39-32(38)29-20(2)21(3)41-31(29)36-28(37)19-40-30-26(18-34)25(17-27(35-30)23-11-9-8-10-12-23)22-13-15-24(16-14-22)33(4,5)6/h8-17H,7,19H2,1-6H3,(H,36,37). The molecule has 41 heavy (non-hydrogen) atoms. The molecule has 1 amide bonds. The van der Waals surface area contributed by atoms with Crippen molar-refractivity contribution in [3.8, 4) is 28.5 Å². The molecule has 0 aliphatic carbocycles. The van der Waals surface area contributed by atoms with Gasteiger partial charge in [-0.1, -0.05) is 87.1 Å². The van der Waals surface area contributed by atoms with Gasteiger partial charge < -0.3 is 10.1 Å². The maximum absolute atomic E-state index is 13.1. The molecular formula is C33H33N3O3S2. The summed E-state index contributed by atoms with van der Waals surface area (Å²) in [6.07, 6.45) is 0. The summed E-state index contributed by atoms with van der Waals surface area (Å²) in [5.74, 6) is -0.738. The maximum Gasteiger partial charge on any atom is 0.341 e. The largest absolute Gasteiger partial charge is 0.462 e. The Morgan fingerprint density at radius 1 is 1.05 bits per heavy atom. The second-order valence-electron chi connectivity index (χ2n) is 10.6. The molecule has 6 nitrogen and oxygen atoms in total. The number of pyridine rings is 1. The molecule has 2 aromatic carbocycles. The van der Waals surface area contributed by atoms with Crippen LogP contribution in [0.5, 0.6) is 0 Å². The van der Waals surface area contributed by atoms with E-state index < -0.39 is 5.97 Å². The average molecular weight is 584 g/mol. The lowest BCUT2D eigenvalue weighted by atomic mass is 9.86. The van der Waals surface area contributed by atoms with Gasteiger partial charge in [-0.3, -0.25) is 4.79 Å². The number of aromatic nitrogens is 1. The third kappa shape index (κ3) is 6.87. The summed E-state index contributed by atoms with van der Waals surface area (Å²) >= 11 is 2.55. The summed E-state index contributed by atoms with van der Waals surface area (Å²) in [6, 6.07) is 22.3. The molecule has 2 heterocycles. The minimum absolute atomic E-state index is 0.00515. The van der Waals surface area contributed by atoms with Gasteiger partial charge in [0, 0.05) is 16.0 Å². The normalized spacial score (nSPS) is 11.1. The number of ether oxygens (including phenoxy) is 1. The molecule has 4 aromatic rings. The number of anilines is 1. The van der Waals surface area contributed by atoms with E-state index in [1.165, 1.54) is 28.7 Å². The Morgan fingerprint density at radius 3 is 2.34 bits per heavy atom. The highest BCUT2D eigenvalue weighted by Crippen LogP contribution is 2.36.